The van der Waals surface area contributed by atoms with Gasteiger partial charge in [0.05, 0.1) is 5.75 Å². The average Bonchev–Trinajstić information content (AvgIpc) is 2.77. The molecule has 1 aromatic rings. The van der Waals surface area contributed by atoms with Gasteiger partial charge in [-0.25, -0.2) is 13.1 Å². The van der Waals surface area contributed by atoms with Crippen molar-refractivity contribution in [2.24, 2.45) is 5.92 Å². The number of pyridine rings is 1. The molecule has 0 aromatic carbocycles. The third-order valence-corrected chi connectivity index (χ3v) is 4.69. The lowest BCUT2D eigenvalue weighted by atomic mass is 9.91. The molecule has 2 atom stereocenters. The molecule has 94 valence electrons. The molecule has 0 aliphatic carbocycles. The molecule has 0 spiro atoms. The van der Waals surface area contributed by atoms with Crippen molar-refractivity contribution in [3.8, 4) is 0 Å². The molecule has 1 aromatic heterocycles. The molecule has 2 unspecified atom stereocenters. The first-order valence-corrected chi connectivity index (χ1v) is 7.29. The summed E-state index contributed by atoms with van der Waals surface area (Å²) in [6.45, 7) is 1.55. The highest BCUT2D eigenvalue weighted by atomic mass is 32.2. The van der Waals surface area contributed by atoms with Gasteiger partial charge in [0, 0.05) is 24.9 Å². The van der Waals surface area contributed by atoms with Crippen LogP contribution in [0.2, 0.25) is 0 Å². The van der Waals surface area contributed by atoms with Crippen LogP contribution < -0.4 is 10.0 Å². The minimum absolute atomic E-state index is 0.108. The average molecular weight is 255 g/mol. The van der Waals surface area contributed by atoms with Crippen molar-refractivity contribution < 1.29 is 8.42 Å². The van der Waals surface area contributed by atoms with Crippen LogP contribution in [-0.4, -0.2) is 39.3 Å². The molecular formula is C11H17N3O2S. The lowest BCUT2D eigenvalue weighted by Crippen LogP contribution is -2.29. The molecule has 2 heterocycles. The van der Waals surface area contributed by atoms with Crippen molar-refractivity contribution in [1.82, 2.24) is 15.0 Å². The highest BCUT2D eigenvalue weighted by Crippen LogP contribution is 2.28. The largest absolute Gasteiger partial charge is 0.316 e. The van der Waals surface area contributed by atoms with E-state index in [-0.39, 0.29) is 17.6 Å². The first kappa shape index (κ1) is 12.5. The van der Waals surface area contributed by atoms with Crippen LogP contribution in [0.25, 0.3) is 0 Å². The molecule has 2 N–H and O–H groups in total. The van der Waals surface area contributed by atoms with E-state index in [1.807, 2.05) is 18.3 Å². The van der Waals surface area contributed by atoms with E-state index in [9.17, 15) is 8.42 Å². The zero-order valence-electron chi connectivity index (χ0n) is 9.76. The first-order chi connectivity index (χ1) is 8.12. The fourth-order valence-corrected chi connectivity index (χ4v) is 3.34. The highest BCUT2D eigenvalue weighted by molar-refractivity contribution is 7.89. The molecule has 17 heavy (non-hydrogen) atoms. The lowest BCUT2D eigenvalue weighted by molar-refractivity contribution is 0.536. The topological polar surface area (TPSA) is 71.1 Å². The van der Waals surface area contributed by atoms with Gasteiger partial charge in [-0.05, 0) is 31.1 Å². The molecule has 0 saturated carbocycles. The van der Waals surface area contributed by atoms with Gasteiger partial charge >= 0.3 is 0 Å². The number of nitrogens with one attached hydrogen (secondary N) is 2. The molecule has 6 heteroatoms. The second-order valence-electron chi connectivity index (χ2n) is 4.30. The van der Waals surface area contributed by atoms with Crippen molar-refractivity contribution in [1.29, 1.82) is 0 Å². The summed E-state index contributed by atoms with van der Waals surface area (Å²) in [6, 6.07) is 3.89. The van der Waals surface area contributed by atoms with Crippen LogP contribution in [0.1, 0.15) is 11.5 Å². The summed E-state index contributed by atoms with van der Waals surface area (Å²) in [6.07, 6.45) is 3.54. The van der Waals surface area contributed by atoms with E-state index in [4.69, 9.17) is 0 Å². The monoisotopic (exact) mass is 255 g/mol. The number of sulfonamides is 1. The summed E-state index contributed by atoms with van der Waals surface area (Å²) in [5, 5.41) is 3.25. The molecule has 1 aliphatic rings. The van der Waals surface area contributed by atoms with E-state index in [0.29, 0.717) is 0 Å². The standard InChI is InChI=1S/C11H17N3O2S/c1-12-17(15,16)8-10-6-14-7-11(10)9-3-2-4-13-5-9/h2-5,10-12,14H,6-8H2,1H3. The van der Waals surface area contributed by atoms with Crippen molar-refractivity contribution in [2.45, 2.75) is 5.92 Å². The van der Waals surface area contributed by atoms with Crippen molar-refractivity contribution in [3.63, 3.8) is 0 Å². The van der Waals surface area contributed by atoms with Gasteiger partial charge < -0.3 is 5.32 Å². The van der Waals surface area contributed by atoms with Crippen LogP contribution >= 0.6 is 0 Å². The van der Waals surface area contributed by atoms with Crippen LogP contribution in [0.5, 0.6) is 0 Å². The van der Waals surface area contributed by atoms with Gasteiger partial charge in [0.1, 0.15) is 0 Å². The Morgan fingerprint density at radius 2 is 2.35 bits per heavy atom. The van der Waals surface area contributed by atoms with Crippen LogP contribution in [0.15, 0.2) is 24.5 Å². The molecule has 0 radical (unpaired) electrons. The van der Waals surface area contributed by atoms with E-state index in [2.05, 4.69) is 15.0 Å². The molecule has 0 bridgehead atoms. The van der Waals surface area contributed by atoms with Crippen molar-refractivity contribution in [2.75, 3.05) is 25.9 Å². The lowest BCUT2D eigenvalue weighted by Gasteiger charge is -2.18. The number of hydrogen-bond donors (Lipinski definition) is 2. The van der Waals surface area contributed by atoms with Gasteiger partial charge in [0.25, 0.3) is 0 Å². The fraction of sp³-hybridized carbons (Fsp3) is 0.545. The van der Waals surface area contributed by atoms with Gasteiger partial charge in [0.2, 0.25) is 10.0 Å². The maximum atomic E-state index is 11.6. The maximum absolute atomic E-state index is 11.6. The first-order valence-electron chi connectivity index (χ1n) is 5.64. The normalized spacial score (nSPS) is 25.0. The zero-order chi connectivity index (χ0) is 12.3. The SMILES string of the molecule is CNS(=O)(=O)CC1CNCC1c1cccnc1. The van der Waals surface area contributed by atoms with Crippen molar-refractivity contribution in [3.05, 3.63) is 30.1 Å². The number of hydrogen-bond acceptors (Lipinski definition) is 4. The predicted molar refractivity (Wildman–Crippen MR) is 66.2 cm³/mol. The summed E-state index contributed by atoms with van der Waals surface area (Å²) in [5.74, 6) is 0.499. The Hall–Kier alpha value is -0.980. The summed E-state index contributed by atoms with van der Waals surface area (Å²) in [7, 11) is -1.70. The molecule has 5 nitrogen and oxygen atoms in total. The molecule has 1 aliphatic heterocycles. The minimum atomic E-state index is -3.15. The van der Waals surface area contributed by atoms with E-state index in [1.54, 1.807) is 6.20 Å². The van der Waals surface area contributed by atoms with Crippen LogP contribution in [-0.2, 0) is 10.0 Å². The minimum Gasteiger partial charge on any atom is -0.316 e. The Morgan fingerprint density at radius 1 is 1.53 bits per heavy atom. The molecule has 0 amide bonds. The second kappa shape index (κ2) is 5.12. The quantitative estimate of drug-likeness (QED) is 0.790. The van der Waals surface area contributed by atoms with Crippen molar-refractivity contribution >= 4 is 10.0 Å². The van der Waals surface area contributed by atoms with Crippen LogP contribution in [0, 0.1) is 5.92 Å². The second-order valence-corrected chi connectivity index (χ2v) is 6.27. The van der Waals surface area contributed by atoms with E-state index >= 15 is 0 Å². The van der Waals surface area contributed by atoms with Gasteiger partial charge in [-0.2, -0.15) is 0 Å². The summed E-state index contributed by atoms with van der Waals surface area (Å²) >= 11 is 0. The number of rotatable bonds is 4. The molecular weight excluding hydrogens is 238 g/mol. The Balaban J connectivity index is 2.13. The smallest absolute Gasteiger partial charge is 0.211 e. The third-order valence-electron chi connectivity index (χ3n) is 3.20. The summed E-state index contributed by atoms with van der Waals surface area (Å²) in [5.41, 5.74) is 1.11. The number of aromatic nitrogens is 1. The fourth-order valence-electron chi connectivity index (χ4n) is 2.26. The van der Waals surface area contributed by atoms with Gasteiger partial charge in [0.15, 0.2) is 0 Å². The Labute approximate surface area is 102 Å². The summed E-state index contributed by atoms with van der Waals surface area (Å²) in [4.78, 5) is 4.09. The Bertz CT molecular complexity index is 461. The summed E-state index contributed by atoms with van der Waals surface area (Å²) < 4.78 is 25.5. The van der Waals surface area contributed by atoms with E-state index in [0.717, 1.165) is 18.7 Å². The van der Waals surface area contributed by atoms with Gasteiger partial charge in [-0.3, -0.25) is 4.98 Å². The predicted octanol–water partition coefficient (Wildman–Crippen LogP) is -0.0662. The Kier molecular flexibility index (Phi) is 3.76. The maximum Gasteiger partial charge on any atom is 0.211 e. The van der Waals surface area contributed by atoms with E-state index < -0.39 is 10.0 Å². The van der Waals surface area contributed by atoms with Gasteiger partial charge in [-0.15, -0.1) is 0 Å². The number of nitrogens with zero attached hydrogens (tertiary/aromatic N) is 1. The van der Waals surface area contributed by atoms with Crippen LogP contribution in [0.3, 0.4) is 0 Å². The highest BCUT2D eigenvalue weighted by Gasteiger charge is 2.31. The third kappa shape index (κ3) is 3.02. The molecule has 1 saturated heterocycles. The Morgan fingerprint density at radius 3 is 3.00 bits per heavy atom. The molecule has 2 rings (SSSR count). The van der Waals surface area contributed by atoms with E-state index in [1.165, 1.54) is 7.05 Å². The zero-order valence-corrected chi connectivity index (χ0v) is 10.6. The van der Waals surface area contributed by atoms with Crippen LogP contribution in [0.4, 0.5) is 0 Å². The van der Waals surface area contributed by atoms with Gasteiger partial charge in [-0.1, -0.05) is 6.07 Å². The molecule has 1 fully saturated rings.